The Kier molecular flexibility index (Phi) is 7.30. The van der Waals surface area contributed by atoms with E-state index in [0.717, 1.165) is 25.7 Å². The first kappa shape index (κ1) is 21.4. The van der Waals surface area contributed by atoms with Crippen LogP contribution in [0.15, 0.2) is 72.8 Å². The van der Waals surface area contributed by atoms with E-state index in [1.165, 1.54) is 17.5 Å². The molecule has 1 saturated carbocycles. The normalized spacial score (nSPS) is 22.5. The smallest absolute Gasteiger partial charge is 0.330 e. The van der Waals surface area contributed by atoms with Crippen LogP contribution in [0.25, 0.3) is 0 Å². The van der Waals surface area contributed by atoms with Crippen LogP contribution < -0.4 is 0 Å². The summed E-state index contributed by atoms with van der Waals surface area (Å²) in [6.45, 7) is 6.85. The lowest BCUT2D eigenvalue weighted by Crippen LogP contribution is -2.43. The number of rotatable bonds is 7. The molecule has 0 heterocycles. The molecule has 1 aliphatic rings. The molecule has 0 radical (unpaired) electrons. The Morgan fingerprint density at radius 3 is 2.38 bits per heavy atom. The lowest BCUT2D eigenvalue weighted by atomic mass is 9.64. The summed E-state index contributed by atoms with van der Waals surface area (Å²) < 4.78 is 6.01. The number of esters is 1. The summed E-state index contributed by atoms with van der Waals surface area (Å²) in [5, 5.41) is 0. The van der Waals surface area contributed by atoms with Gasteiger partial charge in [-0.2, -0.15) is 0 Å². The largest absolute Gasteiger partial charge is 0.459 e. The lowest BCUT2D eigenvalue weighted by Gasteiger charge is -2.43. The molecule has 0 unspecified atom stereocenters. The molecule has 2 aromatic carbocycles. The van der Waals surface area contributed by atoms with Crippen molar-refractivity contribution in [3.63, 3.8) is 0 Å². The number of hydrogen-bond donors (Lipinski definition) is 0. The minimum Gasteiger partial charge on any atom is -0.459 e. The Bertz CT molecular complexity index is 792. The minimum atomic E-state index is -0.203. The van der Waals surface area contributed by atoms with Crippen LogP contribution in [0.3, 0.4) is 0 Å². The molecule has 154 valence electrons. The van der Waals surface area contributed by atoms with Gasteiger partial charge in [-0.25, -0.2) is 4.79 Å². The first-order chi connectivity index (χ1) is 14.0. The zero-order valence-electron chi connectivity index (χ0n) is 18.0. The molecule has 0 N–H and O–H groups in total. The molecule has 0 saturated heterocycles. The van der Waals surface area contributed by atoms with Gasteiger partial charge in [0.2, 0.25) is 0 Å². The van der Waals surface area contributed by atoms with Gasteiger partial charge in [0.05, 0.1) is 0 Å². The number of carbonyl (C=O) groups is 1. The highest BCUT2D eigenvalue weighted by molar-refractivity contribution is 5.82. The monoisotopic (exact) mass is 390 g/mol. The van der Waals surface area contributed by atoms with Crippen molar-refractivity contribution < 1.29 is 9.53 Å². The van der Waals surface area contributed by atoms with E-state index < -0.39 is 0 Å². The van der Waals surface area contributed by atoms with Crippen LogP contribution in [0.5, 0.6) is 0 Å². The third-order valence-electron chi connectivity index (χ3n) is 6.46. The molecule has 0 aromatic heterocycles. The van der Waals surface area contributed by atoms with E-state index in [1.807, 2.05) is 24.3 Å². The zero-order valence-corrected chi connectivity index (χ0v) is 18.0. The van der Waals surface area contributed by atoms with Crippen LogP contribution in [0.2, 0.25) is 0 Å². The van der Waals surface area contributed by atoms with Gasteiger partial charge in [-0.3, -0.25) is 0 Å². The average molecular weight is 391 g/mol. The average Bonchev–Trinajstić information content (AvgIpc) is 2.72. The quantitative estimate of drug-likeness (QED) is 0.398. The van der Waals surface area contributed by atoms with Gasteiger partial charge < -0.3 is 4.74 Å². The number of carbonyl (C=O) groups excluding carboxylic acids is 1. The van der Waals surface area contributed by atoms with Crippen molar-refractivity contribution in [2.75, 3.05) is 0 Å². The van der Waals surface area contributed by atoms with Crippen LogP contribution >= 0.6 is 0 Å². The number of aryl methyl sites for hydroxylation is 1. The second-order valence-electron chi connectivity index (χ2n) is 9.01. The third kappa shape index (κ3) is 5.82. The molecule has 2 nitrogen and oxygen atoms in total. The van der Waals surface area contributed by atoms with Crippen molar-refractivity contribution in [1.82, 2.24) is 0 Å². The van der Waals surface area contributed by atoms with Gasteiger partial charge in [-0.05, 0) is 48.1 Å². The summed E-state index contributed by atoms with van der Waals surface area (Å²) in [5.74, 6) is 0.728. The van der Waals surface area contributed by atoms with Crippen molar-refractivity contribution >= 4 is 5.97 Å². The van der Waals surface area contributed by atoms with Gasteiger partial charge in [0.25, 0.3) is 0 Å². The Balaban J connectivity index is 1.61. The summed E-state index contributed by atoms with van der Waals surface area (Å²) >= 11 is 0. The molecule has 3 atom stereocenters. The van der Waals surface area contributed by atoms with Crippen LogP contribution in [-0.4, -0.2) is 12.1 Å². The second-order valence-corrected chi connectivity index (χ2v) is 9.01. The van der Waals surface area contributed by atoms with Crippen LogP contribution in [0.4, 0.5) is 0 Å². The predicted molar refractivity (Wildman–Crippen MR) is 120 cm³/mol. The molecule has 1 aliphatic carbocycles. The first-order valence-corrected chi connectivity index (χ1v) is 10.9. The van der Waals surface area contributed by atoms with Crippen LogP contribution in [-0.2, 0) is 21.4 Å². The molecule has 1 fully saturated rings. The third-order valence-corrected chi connectivity index (χ3v) is 6.46. The fraction of sp³-hybridized carbons (Fsp3) is 0.444. The van der Waals surface area contributed by atoms with Gasteiger partial charge in [-0.1, -0.05) is 93.9 Å². The van der Waals surface area contributed by atoms with E-state index >= 15 is 0 Å². The van der Waals surface area contributed by atoms with E-state index in [0.29, 0.717) is 11.8 Å². The van der Waals surface area contributed by atoms with Crippen molar-refractivity contribution in [1.29, 1.82) is 0 Å². The Hall–Kier alpha value is -2.35. The minimum absolute atomic E-state index is 0.0244. The number of ether oxygens (including phenoxy) is 1. The van der Waals surface area contributed by atoms with Crippen molar-refractivity contribution in [3.8, 4) is 0 Å². The van der Waals surface area contributed by atoms with Crippen molar-refractivity contribution in [2.24, 2.45) is 11.8 Å². The molecule has 0 spiro atoms. The molecule has 29 heavy (non-hydrogen) atoms. The number of benzene rings is 2. The van der Waals surface area contributed by atoms with Crippen LogP contribution in [0.1, 0.15) is 57.6 Å². The number of hydrogen-bond acceptors (Lipinski definition) is 2. The SMILES string of the molecule is C[C@@H]1CC[C@@H](C(C)(C)c2ccccc2)[C@H](OC(=O)/C=C/CCc2ccccc2)C1. The molecular weight excluding hydrogens is 356 g/mol. The number of allylic oxidation sites excluding steroid dienone is 1. The summed E-state index contributed by atoms with van der Waals surface area (Å²) in [6.07, 6.45) is 8.56. The Morgan fingerprint density at radius 1 is 1.03 bits per heavy atom. The van der Waals surface area contributed by atoms with E-state index in [2.05, 4.69) is 63.2 Å². The van der Waals surface area contributed by atoms with Gasteiger partial charge in [0.15, 0.2) is 0 Å². The highest BCUT2D eigenvalue weighted by Crippen LogP contribution is 2.43. The summed E-state index contributed by atoms with van der Waals surface area (Å²) in [6, 6.07) is 21.0. The summed E-state index contributed by atoms with van der Waals surface area (Å²) in [7, 11) is 0. The van der Waals surface area contributed by atoms with E-state index in [-0.39, 0.29) is 17.5 Å². The van der Waals surface area contributed by atoms with E-state index in [9.17, 15) is 4.79 Å². The van der Waals surface area contributed by atoms with E-state index in [1.54, 1.807) is 6.08 Å². The molecule has 0 amide bonds. The molecule has 3 rings (SSSR count). The maximum atomic E-state index is 12.5. The highest BCUT2D eigenvalue weighted by Gasteiger charge is 2.41. The van der Waals surface area contributed by atoms with E-state index in [4.69, 9.17) is 4.74 Å². The molecule has 0 bridgehead atoms. The van der Waals surface area contributed by atoms with Crippen LogP contribution in [0, 0.1) is 11.8 Å². The van der Waals surface area contributed by atoms with Crippen molar-refractivity contribution in [2.45, 2.75) is 64.4 Å². The standard InChI is InChI=1S/C27H34O2/c1-21-18-19-24(27(2,3)23-15-8-5-9-16-23)25(20-21)29-26(28)17-11-10-14-22-12-6-4-7-13-22/h4-9,11-13,15-17,21,24-25H,10,14,18-20H2,1-3H3/b17-11+/t21-,24-,25-/m1/s1. The predicted octanol–water partition coefficient (Wildman–Crippen LogP) is 6.50. The summed E-state index contributed by atoms with van der Waals surface area (Å²) in [5.41, 5.74) is 2.58. The zero-order chi connectivity index (χ0) is 20.7. The molecule has 0 aliphatic heterocycles. The first-order valence-electron chi connectivity index (χ1n) is 10.9. The van der Waals surface area contributed by atoms with Gasteiger partial charge >= 0.3 is 5.97 Å². The fourth-order valence-corrected chi connectivity index (χ4v) is 4.63. The maximum absolute atomic E-state index is 12.5. The fourth-order valence-electron chi connectivity index (χ4n) is 4.63. The Labute approximate surface area is 176 Å². The van der Waals surface area contributed by atoms with Gasteiger partial charge in [-0.15, -0.1) is 0 Å². The lowest BCUT2D eigenvalue weighted by molar-refractivity contribution is -0.150. The highest BCUT2D eigenvalue weighted by atomic mass is 16.5. The Morgan fingerprint density at radius 2 is 1.69 bits per heavy atom. The second kappa shape index (κ2) is 9.91. The molecular formula is C27H34O2. The van der Waals surface area contributed by atoms with Gasteiger partial charge in [0, 0.05) is 12.0 Å². The molecule has 2 aromatic rings. The molecule has 2 heteroatoms. The maximum Gasteiger partial charge on any atom is 0.330 e. The van der Waals surface area contributed by atoms with Gasteiger partial charge in [0.1, 0.15) is 6.10 Å². The topological polar surface area (TPSA) is 26.3 Å². The van der Waals surface area contributed by atoms with Crippen molar-refractivity contribution in [3.05, 3.63) is 83.9 Å². The summed E-state index contributed by atoms with van der Waals surface area (Å²) in [4.78, 5) is 12.5.